The molecule has 0 N–H and O–H groups in total. The van der Waals surface area contributed by atoms with Gasteiger partial charge in [-0.3, -0.25) is 0 Å². The summed E-state index contributed by atoms with van der Waals surface area (Å²) < 4.78 is 22.5. The molecule has 0 rings (SSSR count). The first-order valence-electron chi connectivity index (χ1n) is 1.56. The second-order valence-corrected chi connectivity index (χ2v) is 1.54. The molecule has 0 bridgehead atoms. The maximum absolute atomic E-state index is 11.3. The van der Waals surface area contributed by atoms with E-state index < -0.39 is 11.8 Å². The topological polar surface area (TPSA) is 17.1 Å². The molecule has 7 heavy (non-hydrogen) atoms. The highest BCUT2D eigenvalue weighted by Crippen LogP contribution is 2.20. The molecular formula is C3H3ClF2O. The van der Waals surface area contributed by atoms with Gasteiger partial charge in [0.15, 0.2) is 0 Å². The van der Waals surface area contributed by atoms with Crippen LogP contribution >= 0.6 is 11.6 Å². The highest BCUT2D eigenvalue weighted by molar-refractivity contribution is 6.22. The van der Waals surface area contributed by atoms with E-state index in [4.69, 9.17) is 0 Å². The van der Waals surface area contributed by atoms with Gasteiger partial charge in [-0.05, 0) is 11.6 Å². The van der Waals surface area contributed by atoms with Gasteiger partial charge in [-0.25, -0.2) is 0 Å². The maximum atomic E-state index is 11.3. The molecule has 42 valence electrons. The number of aldehydes is 1. The zero-order valence-electron chi connectivity index (χ0n) is 3.33. The van der Waals surface area contributed by atoms with Gasteiger partial charge >= 0.3 is 5.38 Å². The van der Waals surface area contributed by atoms with E-state index >= 15 is 0 Å². The summed E-state index contributed by atoms with van der Waals surface area (Å²) in [5.41, 5.74) is 0. The second kappa shape index (κ2) is 2.21. The second-order valence-electron chi connectivity index (χ2n) is 0.986. The van der Waals surface area contributed by atoms with E-state index in [0.717, 1.165) is 0 Å². The van der Waals surface area contributed by atoms with Crippen LogP contribution in [0.25, 0.3) is 0 Å². The summed E-state index contributed by atoms with van der Waals surface area (Å²) >= 11 is 4.27. The van der Waals surface area contributed by atoms with Crippen LogP contribution in [0.1, 0.15) is 6.42 Å². The van der Waals surface area contributed by atoms with Gasteiger partial charge in [0.1, 0.15) is 6.29 Å². The van der Waals surface area contributed by atoms with Gasteiger partial charge in [0.05, 0.1) is 6.42 Å². The molecule has 1 nitrogen and oxygen atoms in total. The van der Waals surface area contributed by atoms with E-state index in [-0.39, 0.29) is 6.29 Å². The summed E-state index contributed by atoms with van der Waals surface area (Å²) in [7, 11) is 0. The van der Waals surface area contributed by atoms with E-state index in [1.807, 2.05) is 0 Å². The van der Waals surface area contributed by atoms with Crippen LogP contribution in [0.5, 0.6) is 0 Å². The largest absolute Gasteiger partial charge is 0.328 e. The van der Waals surface area contributed by atoms with E-state index in [9.17, 15) is 13.6 Å². The van der Waals surface area contributed by atoms with E-state index in [1.165, 1.54) is 0 Å². The minimum atomic E-state index is -3.35. The van der Waals surface area contributed by atoms with Crippen LogP contribution < -0.4 is 0 Å². The molecule has 0 aromatic carbocycles. The van der Waals surface area contributed by atoms with Crippen LogP contribution in [0.15, 0.2) is 0 Å². The number of halogens is 3. The third kappa shape index (κ3) is 5.82. The third-order valence-electron chi connectivity index (χ3n) is 0.315. The Morgan fingerprint density at radius 3 is 2.14 bits per heavy atom. The van der Waals surface area contributed by atoms with Gasteiger partial charge in [-0.15, -0.1) is 0 Å². The number of rotatable bonds is 2. The summed E-state index contributed by atoms with van der Waals surface area (Å²) in [5, 5.41) is -3.35. The van der Waals surface area contributed by atoms with Crippen LogP contribution in [0.3, 0.4) is 0 Å². The number of hydrogen-bond acceptors (Lipinski definition) is 1. The zero-order valence-corrected chi connectivity index (χ0v) is 4.08. The molecule has 0 fully saturated rings. The van der Waals surface area contributed by atoms with Gasteiger partial charge in [0.2, 0.25) is 0 Å². The number of carbonyl (C=O) groups excluding carboxylic acids is 1. The quantitative estimate of drug-likeness (QED) is 0.406. The molecule has 0 atom stereocenters. The van der Waals surface area contributed by atoms with Crippen molar-refractivity contribution < 1.29 is 13.6 Å². The monoisotopic (exact) mass is 128 g/mol. The predicted molar refractivity (Wildman–Crippen MR) is 21.5 cm³/mol. The Bertz CT molecular complexity index is 67.8. The zero-order chi connectivity index (χ0) is 5.91. The minimum absolute atomic E-state index is 0.0764. The molecule has 0 aromatic rings. The van der Waals surface area contributed by atoms with Crippen molar-refractivity contribution in [3.05, 3.63) is 0 Å². The van der Waals surface area contributed by atoms with Crippen molar-refractivity contribution in [2.45, 2.75) is 11.8 Å². The van der Waals surface area contributed by atoms with Gasteiger partial charge in [-0.1, -0.05) is 0 Å². The molecule has 0 aliphatic carbocycles. The highest BCUT2D eigenvalue weighted by Gasteiger charge is 2.22. The molecule has 0 saturated carbocycles. The maximum Gasteiger partial charge on any atom is 0.328 e. The van der Waals surface area contributed by atoms with Gasteiger partial charge in [0.25, 0.3) is 0 Å². The molecule has 0 aromatic heterocycles. The van der Waals surface area contributed by atoms with Crippen LogP contribution in [0, 0.1) is 0 Å². The Kier molecular flexibility index (Phi) is 2.15. The van der Waals surface area contributed by atoms with Crippen LogP contribution in [0.2, 0.25) is 0 Å². The minimum Gasteiger partial charge on any atom is -0.303 e. The summed E-state index contributed by atoms with van der Waals surface area (Å²) in [6.07, 6.45) is -0.832. The first-order valence-corrected chi connectivity index (χ1v) is 1.94. The van der Waals surface area contributed by atoms with E-state index in [2.05, 4.69) is 11.6 Å². The van der Waals surface area contributed by atoms with Crippen LogP contribution in [0.4, 0.5) is 8.78 Å². The summed E-state index contributed by atoms with van der Waals surface area (Å²) in [6.45, 7) is 0. The fourth-order valence-corrected chi connectivity index (χ4v) is 0.157. The lowest BCUT2D eigenvalue weighted by molar-refractivity contribution is -0.111. The predicted octanol–water partition coefficient (Wildman–Crippen LogP) is 1.41. The third-order valence-corrected chi connectivity index (χ3v) is 0.469. The van der Waals surface area contributed by atoms with Crippen molar-refractivity contribution in [1.82, 2.24) is 0 Å². The van der Waals surface area contributed by atoms with Crippen molar-refractivity contribution in [3.63, 3.8) is 0 Å². The lowest BCUT2D eigenvalue weighted by Crippen LogP contribution is -2.04. The van der Waals surface area contributed by atoms with E-state index in [0.29, 0.717) is 0 Å². The van der Waals surface area contributed by atoms with Crippen molar-refractivity contribution in [2.24, 2.45) is 0 Å². The highest BCUT2D eigenvalue weighted by atomic mass is 35.5. The van der Waals surface area contributed by atoms with Gasteiger partial charge in [-0.2, -0.15) is 8.78 Å². The Balaban J connectivity index is 3.34. The SMILES string of the molecule is O=CCC(F)(F)Cl. The molecule has 0 heterocycles. The Labute approximate surface area is 44.3 Å². The van der Waals surface area contributed by atoms with Crippen molar-refractivity contribution in [3.8, 4) is 0 Å². The Morgan fingerprint density at radius 2 is 2.14 bits per heavy atom. The lowest BCUT2D eigenvalue weighted by atomic mass is 10.5. The van der Waals surface area contributed by atoms with Crippen molar-refractivity contribution in [2.75, 3.05) is 0 Å². The molecular weight excluding hydrogens is 125 g/mol. The van der Waals surface area contributed by atoms with Crippen LogP contribution in [-0.2, 0) is 4.79 Å². The molecule has 0 aliphatic heterocycles. The molecule has 0 saturated heterocycles. The molecule has 0 unspecified atom stereocenters. The normalized spacial score (nSPS) is 11.3. The first kappa shape index (κ1) is 6.82. The lowest BCUT2D eigenvalue weighted by Gasteiger charge is -1.97. The standard InChI is InChI=1S/C3H3ClF2O/c4-3(5,6)1-2-7/h2H,1H2. The average molecular weight is 129 g/mol. The van der Waals surface area contributed by atoms with Crippen molar-refractivity contribution in [1.29, 1.82) is 0 Å². The summed E-state index contributed by atoms with van der Waals surface area (Å²) in [5.74, 6) is 0. The smallest absolute Gasteiger partial charge is 0.303 e. The molecule has 0 spiro atoms. The average Bonchev–Trinajstić information content (AvgIpc) is 1.30. The number of alkyl halides is 3. The molecule has 0 amide bonds. The fraction of sp³-hybridized carbons (Fsp3) is 0.667. The first-order chi connectivity index (χ1) is 3.06. The number of hydrogen-bond donors (Lipinski definition) is 0. The summed E-state index contributed by atoms with van der Waals surface area (Å²) in [4.78, 5) is 9.26. The van der Waals surface area contributed by atoms with Crippen molar-refractivity contribution >= 4 is 17.9 Å². The van der Waals surface area contributed by atoms with E-state index in [1.54, 1.807) is 0 Å². The Hall–Kier alpha value is -0.180. The van der Waals surface area contributed by atoms with Gasteiger partial charge in [0, 0.05) is 0 Å². The molecule has 0 radical (unpaired) electrons. The Morgan fingerprint density at radius 1 is 1.71 bits per heavy atom. The molecule has 4 heteroatoms. The fourth-order valence-electron chi connectivity index (χ4n) is 0.0945. The van der Waals surface area contributed by atoms with Gasteiger partial charge < -0.3 is 4.79 Å². The number of carbonyl (C=O) groups is 1. The summed E-state index contributed by atoms with van der Waals surface area (Å²) in [6, 6.07) is 0. The molecule has 0 aliphatic rings. The van der Waals surface area contributed by atoms with Crippen LogP contribution in [-0.4, -0.2) is 11.7 Å².